The van der Waals surface area contributed by atoms with Crippen LogP contribution in [-0.2, 0) is 50.1 Å². The molecule has 5 heterocycles. The van der Waals surface area contributed by atoms with Gasteiger partial charge in [0.1, 0.15) is 29.9 Å². The Hall–Kier alpha value is -9.02. The minimum atomic E-state index is -2.18. The molecular formula is C64H61N5O13. The SMILES string of the molecule is COC(=O)C(CC#Cc1ccc2c(c1)[C@]1(C(=O)N2C(=O)N[C@H](C)c2ccccc2)[C@H](C(=O)N2CCN(Cc3ccc4c(c3)OCO4)CC2)[C@H]2C(=O)O[C@H](c3ccccc3)[C@H](c3ccccc3)N2[C@@H]1c1ccccc1OCCO)C(=O)OC. The number of urea groups is 1. The summed E-state index contributed by atoms with van der Waals surface area (Å²) >= 11 is 0. The van der Waals surface area contributed by atoms with E-state index in [1.165, 1.54) is 0 Å². The molecule has 18 heteroatoms. The minimum absolute atomic E-state index is 0.129. The van der Waals surface area contributed by atoms with Crippen LogP contribution in [0, 0.1) is 23.7 Å². The molecule has 5 aliphatic rings. The molecule has 0 aromatic heterocycles. The fourth-order valence-electron chi connectivity index (χ4n) is 12.4. The Morgan fingerprint density at radius 3 is 2.11 bits per heavy atom. The molecule has 0 aliphatic carbocycles. The quantitative estimate of drug-likeness (QED) is 0.0490. The van der Waals surface area contributed by atoms with E-state index in [2.05, 4.69) is 22.1 Å². The maximum atomic E-state index is 17.1. The van der Waals surface area contributed by atoms with Gasteiger partial charge in [-0.2, -0.15) is 0 Å². The van der Waals surface area contributed by atoms with E-state index in [4.69, 9.17) is 28.4 Å². The van der Waals surface area contributed by atoms with Crippen LogP contribution in [0.15, 0.2) is 152 Å². The molecule has 420 valence electrons. The second-order valence-corrected chi connectivity index (χ2v) is 20.7. The Bertz CT molecular complexity index is 3440. The van der Waals surface area contributed by atoms with Crippen molar-refractivity contribution in [2.75, 3.05) is 65.3 Å². The number of hydrogen-bond donors (Lipinski definition) is 2. The van der Waals surface area contributed by atoms with Crippen LogP contribution in [0.2, 0.25) is 0 Å². The lowest BCUT2D eigenvalue weighted by Crippen LogP contribution is -2.59. The average molecular weight is 1110 g/mol. The number of carbonyl (C=O) groups is 6. The molecule has 0 saturated carbocycles. The molecule has 2 N–H and O–H groups in total. The maximum absolute atomic E-state index is 17.1. The summed E-state index contributed by atoms with van der Waals surface area (Å²) in [6.07, 6.45) is -1.30. The molecule has 82 heavy (non-hydrogen) atoms. The number of anilines is 1. The molecule has 6 aromatic rings. The van der Waals surface area contributed by atoms with Gasteiger partial charge >= 0.3 is 23.9 Å². The molecule has 7 atom stereocenters. The van der Waals surface area contributed by atoms with Crippen molar-refractivity contribution in [3.8, 4) is 29.1 Å². The zero-order valence-electron chi connectivity index (χ0n) is 45.5. The number of esters is 3. The predicted octanol–water partition coefficient (Wildman–Crippen LogP) is 6.97. The van der Waals surface area contributed by atoms with Gasteiger partial charge in [-0.15, -0.1) is 0 Å². The Morgan fingerprint density at radius 1 is 0.756 bits per heavy atom. The predicted molar refractivity (Wildman–Crippen MR) is 298 cm³/mol. The largest absolute Gasteiger partial charge is 0.491 e. The molecule has 0 unspecified atom stereocenters. The summed E-state index contributed by atoms with van der Waals surface area (Å²) < 4.78 is 34.2. The second kappa shape index (κ2) is 23.6. The van der Waals surface area contributed by atoms with E-state index in [0.29, 0.717) is 53.4 Å². The highest BCUT2D eigenvalue weighted by atomic mass is 16.7. The highest BCUT2D eigenvalue weighted by Gasteiger charge is 2.76. The second-order valence-electron chi connectivity index (χ2n) is 20.7. The summed E-state index contributed by atoms with van der Waals surface area (Å²) in [5, 5.41) is 13.3. The van der Waals surface area contributed by atoms with Gasteiger partial charge < -0.3 is 43.7 Å². The van der Waals surface area contributed by atoms with Crippen molar-refractivity contribution in [2.24, 2.45) is 11.8 Å². The first-order chi connectivity index (χ1) is 40.0. The van der Waals surface area contributed by atoms with Gasteiger partial charge in [0, 0.05) is 50.3 Å². The first kappa shape index (κ1) is 54.9. The van der Waals surface area contributed by atoms with Crippen LogP contribution in [0.1, 0.15) is 76.5 Å². The summed E-state index contributed by atoms with van der Waals surface area (Å²) in [6.45, 7) is 3.24. The summed E-state index contributed by atoms with van der Waals surface area (Å²) in [7, 11) is 2.31. The van der Waals surface area contributed by atoms with Gasteiger partial charge in [0.2, 0.25) is 18.6 Å². The lowest BCUT2D eigenvalue weighted by atomic mass is 9.64. The number of imide groups is 1. The zero-order chi connectivity index (χ0) is 57.1. The van der Waals surface area contributed by atoms with Crippen LogP contribution < -0.4 is 24.4 Å². The Balaban J connectivity index is 1.13. The number of amides is 4. The fourth-order valence-corrected chi connectivity index (χ4v) is 12.4. The maximum Gasteiger partial charge on any atom is 0.329 e. The fraction of sp³-hybridized carbons (Fsp3) is 0.312. The number of fused-ring (bicyclic) bond motifs is 4. The number of hydrogen-bond acceptors (Lipinski definition) is 15. The smallest absolute Gasteiger partial charge is 0.329 e. The van der Waals surface area contributed by atoms with E-state index in [0.717, 1.165) is 30.2 Å². The lowest BCUT2D eigenvalue weighted by Gasteiger charge is -2.46. The normalized spacial score (nSPS) is 22.1. The number of aliphatic hydroxyl groups is 1. The Kier molecular flexibility index (Phi) is 15.8. The van der Waals surface area contributed by atoms with Crippen LogP contribution in [-0.4, -0.2) is 122 Å². The van der Waals surface area contributed by atoms with Gasteiger partial charge in [-0.3, -0.25) is 33.8 Å². The third-order valence-corrected chi connectivity index (χ3v) is 16.2. The summed E-state index contributed by atoms with van der Waals surface area (Å²) in [5.41, 5.74) is 1.94. The van der Waals surface area contributed by atoms with Crippen LogP contribution in [0.3, 0.4) is 0 Å². The number of carbonyl (C=O) groups excluding carboxylic acids is 6. The van der Waals surface area contributed by atoms with Crippen molar-refractivity contribution >= 4 is 41.4 Å². The van der Waals surface area contributed by atoms with Gasteiger partial charge in [-0.1, -0.05) is 127 Å². The van der Waals surface area contributed by atoms with Crippen molar-refractivity contribution in [1.29, 1.82) is 0 Å². The summed E-state index contributed by atoms with van der Waals surface area (Å²) in [4.78, 5) is 97.7. The number of rotatable bonds is 14. The first-order valence-electron chi connectivity index (χ1n) is 27.3. The Labute approximate surface area is 474 Å². The molecule has 11 rings (SSSR count). The molecule has 3 fully saturated rings. The number of methoxy groups -OCH3 is 2. The standard InChI is InChI=1S/C64H61N5O13/c1-40(43-17-7-4-8-18-43)65-63(76)68-49-28-26-41(16-15-24-47(59(72)77-2)60(73)78-3)36-48(49)64(62(68)75)53(58(71)67-32-30-66(31-33-67)38-42-27-29-51-52(37-42)81-39-80-51)55-61(74)82-56(45-21-11-6-12-22-45)54(44-19-9-5-10-20-44)69(55)57(64)46-23-13-14-25-50(46)79-35-34-70/h4-14,17-23,25-29,36-37,40,47,53-57,70H,24,30-35,38-39H2,1-3H3,(H,65,76)/t40-,53+,54+,55+,56-,57-,64+/m1/s1. The first-order valence-corrected chi connectivity index (χ1v) is 27.3. The van der Waals surface area contributed by atoms with E-state index in [1.807, 2.05) is 114 Å². The number of nitrogens with one attached hydrogen (secondary N) is 1. The van der Waals surface area contributed by atoms with Crippen LogP contribution >= 0.6 is 0 Å². The minimum Gasteiger partial charge on any atom is -0.491 e. The van der Waals surface area contributed by atoms with Crippen molar-refractivity contribution in [3.05, 3.63) is 191 Å². The average Bonchev–Trinajstić information content (AvgIpc) is 1.65. The van der Waals surface area contributed by atoms with Gasteiger partial charge in [-0.05, 0) is 71.1 Å². The van der Waals surface area contributed by atoms with E-state index >= 15 is 19.2 Å². The highest BCUT2D eigenvalue weighted by molar-refractivity contribution is 6.25. The number of nitrogens with zero attached hydrogens (tertiary/aromatic N) is 4. The van der Waals surface area contributed by atoms with Crippen LogP contribution in [0.5, 0.6) is 17.2 Å². The zero-order valence-corrected chi connectivity index (χ0v) is 45.5. The number of piperazine rings is 1. The molecule has 0 radical (unpaired) electrons. The van der Waals surface area contributed by atoms with E-state index < -0.39 is 83.3 Å². The number of para-hydroxylation sites is 1. The molecule has 18 nitrogen and oxygen atoms in total. The lowest BCUT2D eigenvalue weighted by molar-refractivity contribution is -0.179. The number of ether oxygens (including phenoxy) is 6. The van der Waals surface area contributed by atoms with E-state index in [1.54, 1.807) is 54.3 Å². The van der Waals surface area contributed by atoms with Gasteiger partial charge in [0.15, 0.2) is 17.4 Å². The van der Waals surface area contributed by atoms with Gasteiger partial charge in [0.25, 0.3) is 0 Å². The van der Waals surface area contributed by atoms with Crippen molar-refractivity contribution in [2.45, 2.75) is 55.6 Å². The number of benzene rings is 6. The summed E-state index contributed by atoms with van der Waals surface area (Å²) in [5.74, 6) is 0.866. The number of cyclic esters (lactones) is 1. The van der Waals surface area contributed by atoms with E-state index in [-0.39, 0.29) is 56.5 Å². The molecule has 5 aliphatic heterocycles. The van der Waals surface area contributed by atoms with Crippen LogP contribution in [0.25, 0.3) is 0 Å². The van der Waals surface area contributed by atoms with Gasteiger partial charge in [0.05, 0.1) is 50.6 Å². The molecular weight excluding hydrogens is 1050 g/mol. The molecule has 3 saturated heterocycles. The van der Waals surface area contributed by atoms with Crippen LogP contribution in [0.4, 0.5) is 10.5 Å². The number of morpholine rings is 1. The molecule has 4 amide bonds. The monoisotopic (exact) mass is 1110 g/mol. The number of aliphatic hydroxyl groups excluding tert-OH is 1. The molecule has 1 spiro atoms. The molecule has 6 aromatic carbocycles. The van der Waals surface area contributed by atoms with Crippen molar-refractivity contribution < 1.29 is 62.3 Å². The topological polar surface area (TPSA) is 203 Å². The summed E-state index contributed by atoms with van der Waals surface area (Å²) in [6, 6.07) is 40.6. The van der Waals surface area contributed by atoms with Gasteiger partial charge in [-0.25, -0.2) is 9.69 Å². The Morgan fingerprint density at radius 2 is 1.41 bits per heavy atom. The molecule has 0 bridgehead atoms. The third-order valence-electron chi connectivity index (χ3n) is 16.2. The highest BCUT2D eigenvalue weighted by Crippen LogP contribution is 2.67. The van der Waals surface area contributed by atoms with Crippen molar-refractivity contribution in [3.63, 3.8) is 0 Å². The van der Waals surface area contributed by atoms with Crippen molar-refractivity contribution in [1.82, 2.24) is 20.0 Å². The third kappa shape index (κ3) is 10.0. The van der Waals surface area contributed by atoms with E-state index in [9.17, 15) is 14.7 Å².